The average Bonchev–Trinajstić information content (AvgIpc) is 3.34. The molecule has 0 radical (unpaired) electrons. The Morgan fingerprint density at radius 2 is 1.66 bits per heavy atom. The molecule has 0 N–H and O–H groups in total. The molecule has 0 aliphatic heterocycles. The maximum atomic E-state index is 11.7. The minimum absolute atomic E-state index is 0.146. The number of thiazole rings is 1. The average molecular weight is 479 g/mol. The number of aryl methyl sites for hydroxylation is 1. The number of carbonyl (C=O) groups excluding carboxylic acids is 2. The number of carbonyl (C=O) groups is 2. The highest BCUT2D eigenvalue weighted by atomic mass is 32.1. The molecule has 0 aromatic carbocycles. The molecule has 0 aliphatic carbocycles. The summed E-state index contributed by atoms with van der Waals surface area (Å²) in [7, 11) is 2.67. The first-order valence-corrected chi connectivity index (χ1v) is 11.3. The summed E-state index contributed by atoms with van der Waals surface area (Å²) in [4.78, 5) is 33.4. The molecule has 2 aromatic rings. The van der Waals surface area contributed by atoms with Gasteiger partial charge in [-0.05, 0) is 18.5 Å². The number of rotatable bonds is 9. The van der Waals surface area contributed by atoms with E-state index in [2.05, 4.69) is 19.4 Å². The summed E-state index contributed by atoms with van der Waals surface area (Å²) < 4.78 is 13.7. The largest absolute Gasteiger partial charge is 0.469 e. The highest BCUT2D eigenvalue weighted by Crippen LogP contribution is 2.42. The Kier molecular flexibility index (Phi) is 8.80. The molecule has 2 heterocycles. The van der Waals surface area contributed by atoms with Gasteiger partial charge in [0.15, 0.2) is 15.1 Å². The molecular formula is C20H26N6O4S2. The maximum absolute atomic E-state index is 11.7. The summed E-state index contributed by atoms with van der Waals surface area (Å²) in [5.41, 5.74) is 1.41. The zero-order valence-corrected chi connectivity index (χ0v) is 20.6. The predicted octanol–water partition coefficient (Wildman–Crippen LogP) is 5.10. The number of anilines is 1. The number of nitrogens with zero attached hydrogens (tertiary/aromatic N) is 6. The van der Waals surface area contributed by atoms with E-state index in [-0.39, 0.29) is 30.2 Å². The van der Waals surface area contributed by atoms with Crippen molar-refractivity contribution >= 4 is 55.6 Å². The van der Waals surface area contributed by atoms with E-state index in [4.69, 9.17) is 21.0 Å². The molecule has 0 amide bonds. The molecule has 0 fully saturated rings. The van der Waals surface area contributed by atoms with E-state index < -0.39 is 0 Å². The van der Waals surface area contributed by atoms with E-state index in [9.17, 15) is 9.59 Å². The van der Waals surface area contributed by atoms with E-state index in [1.165, 1.54) is 25.6 Å². The van der Waals surface area contributed by atoms with Crippen LogP contribution in [0, 0.1) is 13.5 Å². The van der Waals surface area contributed by atoms with Gasteiger partial charge in [-0.15, -0.1) is 10.2 Å². The van der Waals surface area contributed by atoms with Crippen molar-refractivity contribution in [2.75, 3.05) is 32.2 Å². The Bertz CT molecular complexity index is 1010. The van der Waals surface area contributed by atoms with Crippen molar-refractivity contribution in [1.82, 2.24) is 9.36 Å². The molecule has 0 spiro atoms. The lowest BCUT2D eigenvalue weighted by Crippen LogP contribution is -2.29. The van der Waals surface area contributed by atoms with Gasteiger partial charge in [0.2, 0.25) is 5.69 Å². The molecule has 2 rings (SSSR count). The van der Waals surface area contributed by atoms with Crippen molar-refractivity contribution in [1.29, 1.82) is 0 Å². The Labute approximate surface area is 195 Å². The van der Waals surface area contributed by atoms with Crippen LogP contribution in [0.1, 0.15) is 45.0 Å². The summed E-state index contributed by atoms with van der Waals surface area (Å²) in [6.45, 7) is 15.8. The van der Waals surface area contributed by atoms with Gasteiger partial charge in [-0.3, -0.25) is 9.59 Å². The number of ether oxygens (including phenoxy) is 2. The molecule has 0 saturated heterocycles. The molecule has 2 aromatic heterocycles. The SMILES string of the molecule is [C-]#[N+]c1c(C)nsc1N=Nc1sc(N(CCC(=O)OC)CCC(=O)OC)nc1C(C)(C)C. The van der Waals surface area contributed by atoms with Crippen molar-refractivity contribution in [3.05, 3.63) is 22.8 Å². The molecule has 10 nitrogen and oxygen atoms in total. The topological polar surface area (TPSA) is 111 Å². The standard InChI is InChI=1S/C20H26N6O4S2/c1-12-15(21-5)17(32-25-12)23-24-18-16(20(2,3)4)22-19(31-18)26(10-8-13(27)29-6)11-9-14(28)30-7/h8-11H2,1-4,6-7H3. The molecule has 0 unspecified atom stereocenters. The van der Waals surface area contributed by atoms with Crippen LogP contribution in [0.5, 0.6) is 0 Å². The van der Waals surface area contributed by atoms with E-state index >= 15 is 0 Å². The second-order valence-electron chi connectivity index (χ2n) is 7.77. The van der Waals surface area contributed by atoms with Gasteiger partial charge in [-0.25, -0.2) is 14.2 Å². The smallest absolute Gasteiger partial charge is 0.307 e. The highest BCUT2D eigenvalue weighted by Gasteiger charge is 2.26. The van der Waals surface area contributed by atoms with E-state index in [1.54, 1.807) is 6.92 Å². The van der Waals surface area contributed by atoms with E-state index in [0.717, 1.165) is 17.2 Å². The van der Waals surface area contributed by atoms with Crippen molar-refractivity contribution in [2.24, 2.45) is 10.2 Å². The summed E-state index contributed by atoms with van der Waals surface area (Å²) in [5, 5.41) is 10.3. The van der Waals surface area contributed by atoms with Gasteiger partial charge in [0.05, 0.1) is 45.0 Å². The molecule has 0 saturated carbocycles. The lowest BCUT2D eigenvalue weighted by molar-refractivity contribution is -0.140. The quantitative estimate of drug-likeness (QED) is 0.280. The van der Waals surface area contributed by atoms with Crippen LogP contribution in [0.25, 0.3) is 4.85 Å². The van der Waals surface area contributed by atoms with Crippen molar-refractivity contribution in [2.45, 2.75) is 46.0 Å². The lowest BCUT2D eigenvalue weighted by atomic mass is 9.93. The van der Waals surface area contributed by atoms with Crippen LogP contribution in [-0.2, 0) is 24.5 Å². The lowest BCUT2D eigenvalue weighted by Gasteiger charge is -2.21. The van der Waals surface area contributed by atoms with Gasteiger partial charge >= 0.3 is 11.9 Å². The number of esters is 2. The zero-order chi connectivity index (χ0) is 23.9. The molecule has 32 heavy (non-hydrogen) atoms. The first kappa shape index (κ1) is 25.4. The third-order valence-corrected chi connectivity index (χ3v) is 6.18. The highest BCUT2D eigenvalue weighted by molar-refractivity contribution is 7.19. The maximum Gasteiger partial charge on any atom is 0.307 e. The third kappa shape index (κ3) is 6.54. The Balaban J connectivity index is 2.40. The summed E-state index contributed by atoms with van der Waals surface area (Å²) in [6.07, 6.45) is 0.293. The van der Waals surface area contributed by atoms with Crippen LogP contribution in [0.3, 0.4) is 0 Å². The molecule has 0 aliphatic rings. The zero-order valence-electron chi connectivity index (χ0n) is 19.0. The minimum atomic E-state index is -0.354. The fourth-order valence-corrected chi connectivity index (χ4v) is 4.41. The fraction of sp³-hybridized carbons (Fsp3) is 0.550. The number of aromatic nitrogens is 2. The van der Waals surface area contributed by atoms with Gasteiger partial charge in [-0.1, -0.05) is 32.1 Å². The Morgan fingerprint density at radius 3 is 2.16 bits per heavy atom. The molecule has 172 valence electrons. The summed E-state index contributed by atoms with van der Waals surface area (Å²) in [5.74, 6) is -0.708. The normalized spacial score (nSPS) is 11.4. The van der Waals surface area contributed by atoms with Crippen LogP contribution in [0.15, 0.2) is 10.2 Å². The van der Waals surface area contributed by atoms with E-state index in [0.29, 0.717) is 39.6 Å². The Hall–Kier alpha value is -2.91. The van der Waals surface area contributed by atoms with Crippen LogP contribution < -0.4 is 4.90 Å². The summed E-state index contributed by atoms with van der Waals surface area (Å²) >= 11 is 2.43. The van der Waals surface area contributed by atoms with Crippen LogP contribution >= 0.6 is 22.9 Å². The second-order valence-corrected chi connectivity index (χ2v) is 9.48. The third-order valence-electron chi connectivity index (χ3n) is 4.36. The minimum Gasteiger partial charge on any atom is -0.469 e. The number of azo groups is 1. The van der Waals surface area contributed by atoms with E-state index in [1.807, 2.05) is 25.7 Å². The fourth-order valence-electron chi connectivity index (χ4n) is 2.59. The van der Waals surface area contributed by atoms with Gasteiger partial charge in [0.1, 0.15) is 0 Å². The predicted molar refractivity (Wildman–Crippen MR) is 124 cm³/mol. The van der Waals surface area contributed by atoms with Crippen molar-refractivity contribution < 1.29 is 19.1 Å². The monoisotopic (exact) mass is 478 g/mol. The van der Waals surface area contributed by atoms with Crippen LogP contribution in [0.4, 0.5) is 20.8 Å². The molecular weight excluding hydrogens is 452 g/mol. The number of hydrogen-bond donors (Lipinski definition) is 0. The van der Waals surface area contributed by atoms with Gasteiger partial charge in [-0.2, -0.15) is 0 Å². The summed E-state index contributed by atoms with van der Waals surface area (Å²) in [6, 6.07) is 0. The Morgan fingerprint density at radius 1 is 1.09 bits per heavy atom. The number of methoxy groups -OCH3 is 2. The van der Waals surface area contributed by atoms with Gasteiger partial charge < -0.3 is 14.4 Å². The van der Waals surface area contributed by atoms with Gasteiger partial charge in [0.25, 0.3) is 0 Å². The van der Waals surface area contributed by atoms with Crippen LogP contribution in [0.2, 0.25) is 0 Å². The van der Waals surface area contributed by atoms with Crippen molar-refractivity contribution in [3.63, 3.8) is 0 Å². The van der Waals surface area contributed by atoms with Crippen LogP contribution in [-0.4, -0.2) is 48.6 Å². The van der Waals surface area contributed by atoms with Gasteiger partial charge in [0, 0.05) is 18.5 Å². The molecule has 12 heteroatoms. The molecule has 0 atom stereocenters. The number of hydrogen-bond acceptors (Lipinski definition) is 11. The molecule has 0 bridgehead atoms. The first-order valence-electron chi connectivity index (χ1n) is 9.76. The second kappa shape index (κ2) is 11.1. The van der Waals surface area contributed by atoms with Crippen molar-refractivity contribution in [3.8, 4) is 0 Å². The first-order chi connectivity index (χ1) is 15.1.